The number of rotatable bonds is 4. The molecule has 21 heavy (non-hydrogen) atoms. The number of benzene rings is 1. The van der Waals surface area contributed by atoms with E-state index < -0.39 is 5.91 Å². The Labute approximate surface area is 133 Å². The molecule has 1 aromatic heterocycles. The first-order valence-electron chi connectivity index (χ1n) is 6.56. The average molecular weight is 324 g/mol. The van der Waals surface area contributed by atoms with Gasteiger partial charge in [0.1, 0.15) is 0 Å². The minimum absolute atomic E-state index is 0.0481. The summed E-state index contributed by atoms with van der Waals surface area (Å²) >= 11 is 7.79. The lowest BCUT2D eigenvalue weighted by Crippen LogP contribution is -2.11. The largest absolute Gasteiger partial charge is 0.379 e. The van der Waals surface area contributed by atoms with E-state index in [9.17, 15) is 4.79 Å². The van der Waals surface area contributed by atoms with Crippen molar-refractivity contribution in [2.24, 2.45) is 5.73 Å². The van der Waals surface area contributed by atoms with Gasteiger partial charge in [-0.1, -0.05) is 32.4 Å². The predicted octanol–water partition coefficient (Wildman–Crippen LogP) is 3.81. The molecule has 6 heteroatoms. The van der Waals surface area contributed by atoms with Crippen LogP contribution in [-0.4, -0.2) is 10.9 Å². The van der Waals surface area contributed by atoms with Gasteiger partial charge in [0, 0.05) is 22.1 Å². The van der Waals surface area contributed by atoms with Crippen molar-refractivity contribution in [2.45, 2.75) is 32.7 Å². The maximum absolute atomic E-state index is 11.2. The van der Waals surface area contributed by atoms with Crippen LogP contribution in [0.25, 0.3) is 0 Å². The van der Waals surface area contributed by atoms with E-state index in [1.165, 1.54) is 0 Å². The van der Waals surface area contributed by atoms with Gasteiger partial charge in [-0.05, 0) is 18.2 Å². The van der Waals surface area contributed by atoms with E-state index in [-0.39, 0.29) is 5.41 Å². The van der Waals surface area contributed by atoms with Crippen molar-refractivity contribution in [3.05, 3.63) is 44.9 Å². The molecule has 0 spiro atoms. The van der Waals surface area contributed by atoms with Gasteiger partial charge >= 0.3 is 0 Å². The third-order valence-corrected chi connectivity index (χ3v) is 4.65. The predicted molar refractivity (Wildman–Crippen MR) is 88.1 cm³/mol. The van der Waals surface area contributed by atoms with Crippen molar-refractivity contribution in [3.63, 3.8) is 0 Å². The topological polar surface area (TPSA) is 68.0 Å². The third kappa shape index (κ3) is 3.95. The van der Waals surface area contributed by atoms with Gasteiger partial charge in [-0.2, -0.15) is 0 Å². The van der Waals surface area contributed by atoms with Crippen LogP contribution in [0.15, 0.2) is 24.4 Å². The molecular weight excluding hydrogens is 306 g/mol. The summed E-state index contributed by atoms with van der Waals surface area (Å²) in [4.78, 5) is 16.7. The maximum atomic E-state index is 11.2. The molecule has 0 bridgehead atoms. The van der Waals surface area contributed by atoms with Crippen LogP contribution in [0.3, 0.4) is 0 Å². The number of amides is 1. The fourth-order valence-corrected chi connectivity index (χ4v) is 2.83. The third-order valence-electron chi connectivity index (χ3n) is 2.90. The Kier molecular flexibility index (Phi) is 4.54. The Hall–Kier alpha value is -1.59. The van der Waals surface area contributed by atoms with Crippen LogP contribution in [-0.2, 0) is 12.0 Å². The molecule has 0 unspecified atom stereocenters. The molecule has 0 fully saturated rings. The molecule has 0 saturated carbocycles. The number of anilines is 1. The molecule has 1 heterocycles. The van der Waals surface area contributed by atoms with Crippen LogP contribution in [0.5, 0.6) is 0 Å². The van der Waals surface area contributed by atoms with Crippen LogP contribution < -0.4 is 11.1 Å². The SMILES string of the molecule is CC(C)(C)c1ncc(CNc2cc(C(N)=O)ccc2Cl)s1. The van der Waals surface area contributed by atoms with E-state index in [2.05, 4.69) is 31.1 Å². The number of hydrogen-bond acceptors (Lipinski definition) is 4. The number of nitrogens with zero attached hydrogens (tertiary/aromatic N) is 1. The molecule has 112 valence electrons. The zero-order valence-electron chi connectivity index (χ0n) is 12.2. The molecule has 0 atom stereocenters. The lowest BCUT2D eigenvalue weighted by atomic mass is 9.98. The molecule has 1 amide bonds. The highest BCUT2D eigenvalue weighted by Gasteiger charge is 2.18. The molecular formula is C15H18ClN3OS. The lowest BCUT2D eigenvalue weighted by Gasteiger charge is -2.13. The summed E-state index contributed by atoms with van der Waals surface area (Å²) in [6.45, 7) is 7.01. The first-order valence-corrected chi connectivity index (χ1v) is 7.75. The lowest BCUT2D eigenvalue weighted by molar-refractivity contribution is 0.100. The molecule has 2 rings (SSSR count). The normalized spacial score (nSPS) is 11.4. The summed E-state index contributed by atoms with van der Waals surface area (Å²) in [6, 6.07) is 4.94. The monoisotopic (exact) mass is 323 g/mol. The summed E-state index contributed by atoms with van der Waals surface area (Å²) in [5.74, 6) is -0.470. The summed E-state index contributed by atoms with van der Waals surface area (Å²) in [5.41, 5.74) is 6.45. The van der Waals surface area contributed by atoms with Gasteiger partial charge in [0.2, 0.25) is 5.91 Å². The number of hydrogen-bond donors (Lipinski definition) is 2. The summed E-state index contributed by atoms with van der Waals surface area (Å²) < 4.78 is 0. The summed E-state index contributed by atoms with van der Waals surface area (Å²) in [5, 5.41) is 4.87. The second-order valence-electron chi connectivity index (χ2n) is 5.79. The first kappa shape index (κ1) is 15.8. The van der Waals surface area contributed by atoms with Gasteiger partial charge in [0.25, 0.3) is 0 Å². The van der Waals surface area contributed by atoms with E-state index in [0.717, 1.165) is 9.88 Å². The van der Waals surface area contributed by atoms with Crippen molar-refractivity contribution in [3.8, 4) is 0 Å². The molecule has 0 aliphatic heterocycles. The number of carbonyl (C=O) groups is 1. The van der Waals surface area contributed by atoms with E-state index in [0.29, 0.717) is 22.8 Å². The zero-order valence-corrected chi connectivity index (χ0v) is 13.8. The van der Waals surface area contributed by atoms with Gasteiger partial charge in [0.05, 0.1) is 22.3 Å². The van der Waals surface area contributed by atoms with E-state index >= 15 is 0 Å². The molecule has 0 saturated heterocycles. The molecule has 3 N–H and O–H groups in total. The zero-order chi connectivity index (χ0) is 15.6. The van der Waals surface area contributed by atoms with Crippen LogP contribution in [0.1, 0.15) is 41.0 Å². The van der Waals surface area contributed by atoms with Crippen molar-refractivity contribution in [1.82, 2.24) is 4.98 Å². The Morgan fingerprint density at radius 2 is 2.14 bits per heavy atom. The minimum atomic E-state index is -0.470. The van der Waals surface area contributed by atoms with Crippen molar-refractivity contribution >= 4 is 34.5 Å². The minimum Gasteiger partial charge on any atom is -0.379 e. The Bertz CT molecular complexity index is 661. The fraction of sp³-hybridized carbons (Fsp3) is 0.333. The van der Waals surface area contributed by atoms with Crippen molar-refractivity contribution in [2.75, 3.05) is 5.32 Å². The molecule has 4 nitrogen and oxygen atoms in total. The van der Waals surface area contributed by atoms with Crippen molar-refractivity contribution in [1.29, 1.82) is 0 Å². The van der Waals surface area contributed by atoms with Crippen molar-refractivity contribution < 1.29 is 4.79 Å². The highest BCUT2D eigenvalue weighted by molar-refractivity contribution is 7.11. The van der Waals surface area contributed by atoms with Crippen LogP contribution in [0.4, 0.5) is 5.69 Å². The standard InChI is InChI=1S/C15H18ClN3OS/c1-15(2,3)14-19-8-10(21-14)7-18-12-6-9(13(17)20)4-5-11(12)16/h4-6,8,18H,7H2,1-3H3,(H2,17,20). The highest BCUT2D eigenvalue weighted by Crippen LogP contribution is 2.28. The quantitative estimate of drug-likeness (QED) is 0.899. The smallest absolute Gasteiger partial charge is 0.248 e. The Balaban J connectivity index is 2.11. The molecule has 0 aliphatic carbocycles. The van der Waals surface area contributed by atoms with E-state index in [1.807, 2.05) is 6.20 Å². The highest BCUT2D eigenvalue weighted by atomic mass is 35.5. The molecule has 1 aromatic carbocycles. The number of nitrogens with two attached hydrogens (primary N) is 1. The van der Waals surface area contributed by atoms with E-state index in [1.54, 1.807) is 29.5 Å². The van der Waals surface area contributed by atoms with Gasteiger partial charge < -0.3 is 11.1 Å². The fourth-order valence-electron chi connectivity index (χ4n) is 1.73. The van der Waals surface area contributed by atoms with Gasteiger partial charge in [-0.3, -0.25) is 4.79 Å². The van der Waals surface area contributed by atoms with Crippen LogP contribution in [0.2, 0.25) is 5.02 Å². The number of thiazole rings is 1. The first-order chi connectivity index (χ1) is 9.77. The average Bonchev–Trinajstić information content (AvgIpc) is 2.86. The number of halogens is 1. The maximum Gasteiger partial charge on any atom is 0.248 e. The second-order valence-corrected chi connectivity index (χ2v) is 7.32. The van der Waals surface area contributed by atoms with Crippen LogP contribution in [0, 0.1) is 0 Å². The van der Waals surface area contributed by atoms with Gasteiger partial charge in [-0.15, -0.1) is 11.3 Å². The Morgan fingerprint density at radius 3 is 2.71 bits per heavy atom. The summed E-state index contributed by atoms with van der Waals surface area (Å²) in [7, 11) is 0. The van der Waals surface area contributed by atoms with Gasteiger partial charge in [0.15, 0.2) is 0 Å². The number of aromatic nitrogens is 1. The second kappa shape index (κ2) is 6.03. The molecule has 2 aromatic rings. The summed E-state index contributed by atoms with van der Waals surface area (Å²) in [6.07, 6.45) is 1.87. The molecule has 0 aliphatic rings. The number of carbonyl (C=O) groups excluding carboxylic acids is 1. The number of primary amides is 1. The van der Waals surface area contributed by atoms with Crippen LogP contribution >= 0.6 is 22.9 Å². The van der Waals surface area contributed by atoms with Gasteiger partial charge in [-0.25, -0.2) is 4.98 Å². The molecule has 0 radical (unpaired) electrons. The van der Waals surface area contributed by atoms with E-state index in [4.69, 9.17) is 17.3 Å². The Morgan fingerprint density at radius 1 is 1.43 bits per heavy atom. The number of nitrogens with one attached hydrogen (secondary N) is 1.